The summed E-state index contributed by atoms with van der Waals surface area (Å²) in [4.78, 5) is 60.7. The predicted octanol–water partition coefficient (Wildman–Crippen LogP) is 16.4. The Balaban J connectivity index is 1.51. The van der Waals surface area contributed by atoms with Crippen LogP contribution in [0, 0.1) is 90.4 Å². The SMILES string of the molecule is [C-]#[N+]CCOP(OCCCCCCO[C@@H]1OC(COC(C)=O)[C@H](C)[C@H](C)C1C)OCCCOCC(COCCCOP(OCCCCCCO[C@@H]1OC(COC(C)=O)[C@H](C)[C@H](C)C1C)OCC[N+]#[C-])(COCCCOP(OCCCCCCO[C@@H]1OC(COC(C)=O)[C@H](C)[C@H](C)C1NC(C)=O)OCC[N+]#[C-])COP(OCCC#N)OC[C@H]1O[C@@H](C)CC1OP(=O)(OC)OCC[N+]#[C-]. The summed E-state index contributed by atoms with van der Waals surface area (Å²) in [5, 5.41) is 12.7. The van der Waals surface area contributed by atoms with Crippen molar-refractivity contribution in [1.29, 1.82) is 5.26 Å². The molecule has 39 nitrogen and oxygen atoms in total. The topological polar surface area (TPSA) is 397 Å². The van der Waals surface area contributed by atoms with Crippen LogP contribution < -0.4 is 5.32 Å². The summed E-state index contributed by atoms with van der Waals surface area (Å²) in [6.45, 7) is 57.1. The first-order valence-electron chi connectivity index (χ1n) is 46.5. The first-order valence-corrected chi connectivity index (χ1v) is 52.3. The summed E-state index contributed by atoms with van der Waals surface area (Å²) in [5.41, 5.74) is -1.14. The van der Waals surface area contributed by atoms with Crippen molar-refractivity contribution in [3.8, 4) is 6.07 Å². The monoisotopic (exact) mass is 1980 g/mol. The van der Waals surface area contributed by atoms with Crippen LogP contribution in [0.5, 0.6) is 0 Å². The molecule has 0 saturated carbocycles. The van der Waals surface area contributed by atoms with Crippen molar-refractivity contribution in [2.24, 2.45) is 52.8 Å². The molecule has 12 unspecified atom stereocenters. The molecule has 4 fully saturated rings. The standard InChI is InChI=1S/C88H153N6O33P5/c1-66-57-79(127-132(99,100-18)122-56-39-93-17)83(123-66)61-120-131(113-49-31-35-89)121-65-88(62-101-40-32-50-114-128(117-53-36-90-14)110-46-28-22-19-25-43-104-85-73(8)67(2)69(4)80(124-85)58-107-76(11)96,63-102-41-33-51-115-129(118-54-37-91-15)111-47-29-23-20-26-44-105-86-74(9)68(3)70(5)81(125-86)59-108-77(12)97)64-103-42-34-52-116-130(119-55-38-92-16)112-48-30-24-21-27-45-106-87-84(94-75(10)95)72(7)71(6)82(126-87)60-109-78(13)98/h66-74,79-87H,19-34,36-65H2,1-13,18H3,(H,94,95)/t66-,67-,68-,69+,70+,71+,72-,73?,74?,79?,80?,81?,82?,83+,84?,85+,86+,87+,88?,128?,129?,130?,131?,132?/m0/s1. The summed E-state index contributed by atoms with van der Waals surface area (Å²) in [6, 6.07) is 1.70. The molecule has 0 spiro atoms. The van der Waals surface area contributed by atoms with Gasteiger partial charge in [0.25, 0.3) is 0 Å². The Hall–Kier alpha value is -3.72. The van der Waals surface area contributed by atoms with E-state index in [1.165, 1.54) is 34.8 Å². The maximum absolute atomic E-state index is 13.7. The van der Waals surface area contributed by atoms with E-state index in [2.05, 4.69) is 72.3 Å². The maximum atomic E-state index is 13.7. The Morgan fingerprint density at radius 2 is 0.742 bits per heavy atom. The molecule has 1 N–H and O–H groups in total. The Morgan fingerprint density at radius 3 is 1.12 bits per heavy atom. The van der Waals surface area contributed by atoms with Gasteiger partial charge < -0.3 is 141 Å². The molecule has 4 saturated heterocycles. The van der Waals surface area contributed by atoms with E-state index >= 15 is 0 Å². The second-order valence-electron chi connectivity index (χ2n) is 33.3. The number of hydrogen-bond donors (Lipinski definition) is 1. The zero-order chi connectivity index (χ0) is 96.6. The van der Waals surface area contributed by atoms with E-state index in [4.69, 9.17) is 156 Å². The minimum absolute atomic E-state index is 0.0159. The number of carbonyl (C=O) groups excluding carboxylic acids is 4. The molecule has 4 rings (SSSR count). The van der Waals surface area contributed by atoms with Gasteiger partial charge in [0.1, 0.15) is 58.5 Å². The van der Waals surface area contributed by atoms with E-state index in [-0.39, 0.29) is 236 Å². The number of hydrogen-bond acceptors (Lipinski definition) is 34. The third-order valence-corrected chi connectivity index (χ3v) is 28.8. The molecule has 1 amide bonds. The summed E-state index contributed by atoms with van der Waals surface area (Å²) in [5.74, 6) is -0.0637. The van der Waals surface area contributed by atoms with E-state index in [1.807, 2.05) is 20.8 Å². The van der Waals surface area contributed by atoms with Crippen LogP contribution in [0.1, 0.15) is 199 Å². The molecule has 0 radical (unpaired) electrons. The molecule has 132 heavy (non-hydrogen) atoms. The number of phosphoric ester groups is 1. The van der Waals surface area contributed by atoms with Gasteiger partial charge in [0.05, 0.1) is 128 Å². The second-order valence-corrected chi connectivity index (χ2v) is 39.9. The fraction of sp³-hybridized carbons (Fsp3) is 0.898. The third-order valence-electron chi connectivity index (χ3n) is 22.7. The zero-order valence-corrected chi connectivity index (χ0v) is 84.8. The third kappa shape index (κ3) is 52.0. The molecular formula is C88H153N6O33P5. The molecular weight excluding hydrogens is 1820 g/mol. The highest BCUT2D eigenvalue weighted by atomic mass is 31.2. The smallest absolute Gasteiger partial charge is 0.463 e. The normalized spacial score (nSPS) is 26.1. The Kier molecular flexibility index (Phi) is 67.1. The number of nitrogens with one attached hydrogen (secondary N) is 1. The Labute approximate surface area is 789 Å². The first-order chi connectivity index (χ1) is 63.7. The van der Waals surface area contributed by atoms with Crippen molar-refractivity contribution in [1.82, 2.24) is 5.32 Å². The van der Waals surface area contributed by atoms with Crippen LogP contribution in [-0.2, 0) is 153 Å². The van der Waals surface area contributed by atoms with Crippen molar-refractivity contribution >= 4 is 66.0 Å². The number of rotatable bonds is 79. The fourth-order valence-corrected chi connectivity index (χ4v) is 19.4. The van der Waals surface area contributed by atoms with E-state index in [0.29, 0.717) is 96.4 Å². The van der Waals surface area contributed by atoms with E-state index in [0.717, 1.165) is 51.4 Å². The van der Waals surface area contributed by atoms with E-state index in [9.17, 15) is 29.0 Å². The average Bonchev–Trinajstić information content (AvgIpc) is 1.09. The molecule has 758 valence electrons. The lowest BCUT2D eigenvalue weighted by molar-refractivity contribution is -0.255. The number of esters is 3. The number of carbonyl (C=O) groups is 4. The van der Waals surface area contributed by atoms with Crippen molar-refractivity contribution in [2.45, 2.75) is 261 Å². The highest BCUT2D eigenvalue weighted by molar-refractivity contribution is 7.48. The van der Waals surface area contributed by atoms with Crippen LogP contribution in [0.4, 0.5) is 0 Å². The van der Waals surface area contributed by atoms with Crippen LogP contribution in [0.15, 0.2) is 0 Å². The molecule has 4 aliphatic heterocycles. The molecule has 0 bridgehead atoms. The van der Waals surface area contributed by atoms with Gasteiger partial charge in [-0.1, -0.05) is 93.9 Å². The minimum Gasteiger partial charge on any atom is -0.463 e. The maximum Gasteiger partial charge on any atom is 0.475 e. The van der Waals surface area contributed by atoms with Crippen molar-refractivity contribution < 1.29 is 153 Å². The lowest BCUT2D eigenvalue weighted by Crippen LogP contribution is -2.58. The van der Waals surface area contributed by atoms with Crippen LogP contribution in [0.25, 0.3) is 19.4 Å². The van der Waals surface area contributed by atoms with Crippen molar-refractivity contribution in [3.05, 3.63) is 45.7 Å². The fourth-order valence-electron chi connectivity index (χ4n) is 14.2. The van der Waals surface area contributed by atoms with Gasteiger partial charge in [-0.3, -0.25) is 32.7 Å². The summed E-state index contributed by atoms with van der Waals surface area (Å²) in [6.07, 6.45) is 6.26. The number of unbranched alkanes of at least 4 members (excludes halogenated alkanes) is 9. The highest BCUT2D eigenvalue weighted by Crippen LogP contribution is 2.53. The molecule has 0 aromatic heterocycles. The largest absolute Gasteiger partial charge is 0.475 e. The van der Waals surface area contributed by atoms with Gasteiger partial charge in [-0.2, -0.15) is 5.26 Å². The van der Waals surface area contributed by atoms with Crippen molar-refractivity contribution in [3.63, 3.8) is 0 Å². The summed E-state index contributed by atoms with van der Waals surface area (Å²) >= 11 is 0. The predicted molar refractivity (Wildman–Crippen MR) is 488 cm³/mol. The number of nitrogens with zero attached hydrogens (tertiary/aromatic N) is 5. The summed E-state index contributed by atoms with van der Waals surface area (Å²) < 4.78 is 184. The van der Waals surface area contributed by atoms with Gasteiger partial charge in [0.2, 0.25) is 32.1 Å². The van der Waals surface area contributed by atoms with Gasteiger partial charge in [-0.05, 0) is 100 Å². The van der Waals surface area contributed by atoms with Crippen LogP contribution in [-0.4, -0.2) is 284 Å². The summed E-state index contributed by atoms with van der Waals surface area (Å²) in [7, 11) is -10.8. The number of amides is 1. The number of nitriles is 1. The quantitative estimate of drug-likeness (QED) is 0.0194. The zero-order valence-electron chi connectivity index (χ0n) is 80.4. The van der Waals surface area contributed by atoms with Crippen molar-refractivity contribution in [2.75, 3.05) is 198 Å². The minimum atomic E-state index is -4.15. The lowest BCUT2D eigenvalue weighted by Gasteiger charge is -2.44. The van der Waals surface area contributed by atoms with Gasteiger partial charge in [-0.25, -0.2) is 30.9 Å². The number of phosphoric acid groups is 1. The molecule has 23 atom stereocenters. The Bertz CT molecular complexity index is 3250. The molecule has 44 heteroatoms. The van der Waals surface area contributed by atoms with Gasteiger partial charge in [0, 0.05) is 92.7 Å². The molecule has 0 aromatic carbocycles. The van der Waals surface area contributed by atoms with E-state index < -0.39 is 96.8 Å². The lowest BCUT2D eigenvalue weighted by atomic mass is 9.79. The van der Waals surface area contributed by atoms with Gasteiger partial charge >= 0.3 is 60.1 Å². The average molecular weight is 1980 g/mol. The molecule has 0 aliphatic carbocycles. The first kappa shape index (κ1) is 121. The Morgan fingerprint density at radius 1 is 0.394 bits per heavy atom. The van der Waals surface area contributed by atoms with Crippen LogP contribution >= 0.6 is 42.2 Å². The van der Waals surface area contributed by atoms with Crippen LogP contribution in [0.2, 0.25) is 0 Å². The molecule has 0 aromatic rings. The molecule has 4 heterocycles. The van der Waals surface area contributed by atoms with Gasteiger partial charge in [0.15, 0.2) is 18.9 Å². The van der Waals surface area contributed by atoms with E-state index in [1.54, 1.807) is 0 Å². The number of ether oxygens (including phenoxy) is 13. The highest BCUT2D eigenvalue weighted by Gasteiger charge is 2.46. The second kappa shape index (κ2) is 73.4. The molecule has 4 aliphatic rings. The van der Waals surface area contributed by atoms with Gasteiger partial charge in [-0.15, -0.1) is 0 Å². The van der Waals surface area contributed by atoms with Crippen LogP contribution in [0.3, 0.4) is 0 Å².